The number of hydrogen-bond donors (Lipinski definition) is 0. The van der Waals surface area contributed by atoms with E-state index in [1.165, 1.54) is 11.1 Å². The van der Waals surface area contributed by atoms with Crippen LogP contribution in [0.4, 0.5) is 0 Å². The van der Waals surface area contributed by atoms with E-state index in [4.69, 9.17) is 0 Å². The maximum absolute atomic E-state index is 12.8. The van der Waals surface area contributed by atoms with Gasteiger partial charge in [0.1, 0.15) is 0 Å². The van der Waals surface area contributed by atoms with Crippen LogP contribution in [0.15, 0.2) is 18.2 Å². The van der Waals surface area contributed by atoms with Gasteiger partial charge >= 0.3 is 0 Å². The molecule has 0 bridgehead atoms. The zero-order valence-electron chi connectivity index (χ0n) is 15.1. The van der Waals surface area contributed by atoms with Gasteiger partial charge in [0.2, 0.25) is 0 Å². The Morgan fingerprint density at radius 1 is 1.05 bits per heavy atom. The molecule has 0 aromatic heterocycles. The molecule has 0 fully saturated rings. The smallest absolute Gasteiger partial charge is 0.253 e. The van der Waals surface area contributed by atoms with Crippen LogP contribution >= 0.6 is 0 Å². The topological polar surface area (TPSA) is 23.6 Å². The van der Waals surface area contributed by atoms with Crippen LogP contribution in [0.25, 0.3) is 0 Å². The predicted octanol–water partition coefficient (Wildman–Crippen LogP) is 3.74. The molecule has 22 heavy (non-hydrogen) atoms. The summed E-state index contributed by atoms with van der Waals surface area (Å²) in [5.41, 5.74) is 3.22. The molecule has 0 N–H and O–H groups in total. The van der Waals surface area contributed by atoms with Gasteiger partial charge in [-0.1, -0.05) is 33.8 Å². The minimum absolute atomic E-state index is 0.156. The lowest BCUT2D eigenvalue weighted by Crippen LogP contribution is -2.40. The largest absolute Gasteiger partial charge is 0.337 e. The first-order valence-corrected chi connectivity index (χ1v) is 8.47. The Balaban J connectivity index is 2.85. The van der Waals surface area contributed by atoms with E-state index in [0.29, 0.717) is 5.92 Å². The molecule has 0 radical (unpaired) electrons. The Bertz CT molecular complexity index is 478. The fraction of sp³-hybridized carbons (Fsp3) is 0.632. The minimum Gasteiger partial charge on any atom is -0.337 e. The van der Waals surface area contributed by atoms with E-state index in [9.17, 15) is 4.79 Å². The van der Waals surface area contributed by atoms with Gasteiger partial charge in [-0.25, -0.2) is 0 Å². The van der Waals surface area contributed by atoms with Gasteiger partial charge in [-0.15, -0.1) is 0 Å². The van der Waals surface area contributed by atoms with Crippen LogP contribution in [0.5, 0.6) is 0 Å². The third kappa shape index (κ3) is 5.45. The first-order chi connectivity index (χ1) is 10.4. The molecule has 0 aliphatic rings. The highest BCUT2D eigenvalue weighted by Crippen LogP contribution is 2.13. The number of amides is 1. The van der Waals surface area contributed by atoms with Crippen molar-refractivity contribution in [1.82, 2.24) is 9.80 Å². The molecule has 124 valence electrons. The van der Waals surface area contributed by atoms with Gasteiger partial charge in [-0.2, -0.15) is 0 Å². The number of carbonyl (C=O) groups excluding carboxylic acids is 1. The fourth-order valence-electron chi connectivity index (χ4n) is 2.58. The van der Waals surface area contributed by atoms with Crippen molar-refractivity contribution in [3.05, 3.63) is 34.9 Å². The van der Waals surface area contributed by atoms with E-state index in [-0.39, 0.29) is 5.91 Å². The summed E-state index contributed by atoms with van der Waals surface area (Å²) in [4.78, 5) is 17.2. The lowest BCUT2D eigenvalue weighted by molar-refractivity contribution is 0.0716. The highest BCUT2D eigenvalue weighted by molar-refractivity contribution is 5.94. The third-order valence-corrected chi connectivity index (χ3v) is 4.21. The number of benzene rings is 1. The minimum atomic E-state index is 0.156. The van der Waals surface area contributed by atoms with Crippen molar-refractivity contribution in [1.29, 1.82) is 0 Å². The molecule has 0 saturated carbocycles. The molecule has 0 unspecified atom stereocenters. The van der Waals surface area contributed by atoms with Crippen LogP contribution in [0.1, 0.15) is 49.2 Å². The second-order valence-corrected chi connectivity index (χ2v) is 6.47. The second-order valence-electron chi connectivity index (χ2n) is 6.47. The van der Waals surface area contributed by atoms with E-state index < -0.39 is 0 Å². The molecular formula is C19H32N2O. The van der Waals surface area contributed by atoms with Gasteiger partial charge in [-0.05, 0) is 56.1 Å². The van der Waals surface area contributed by atoms with Crippen molar-refractivity contribution in [2.24, 2.45) is 5.92 Å². The summed E-state index contributed by atoms with van der Waals surface area (Å²) in [6.45, 7) is 17.4. The molecule has 1 aromatic carbocycles. The standard InChI is InChI=1S/C19H32N2O/c1-7-20(8-2)11-12-21(14-15(3)4)19(22)18-10-9-16(5)17(6)13-18/h9-10,13,15H,7-8,11-12,14H2,1-6H3. The molecule has 1 aromatic rings. The van der Waals surface area contributed by atoms with Crippen LogP contribution in [0, 0.1) is 19.8 Å². The summed E-state index contributed by atoms with van der Waals surface area (Å²) in [7, 11) is 0. The normalized spacial score (nSPS) is 11.3. The lowest BCUT2D eigenvalue weighted by Gasteiger charge is -2.28. The van der Waals surface area contributed by atoms with E-state index in [0.717, 1.165) is 38.3 Å². The van der Waals surface area contributed by atoms with Crippen LogP contribution in [-0.4, -0.2) is 48.4 Å². The summed E-state index contributed by atoms with van der Waals surface area (Å²) in [6, 6.07) is 6.01. The number of rotatable bonds is 8. The van der Waals surface area contributed by atoms with Gasteiger partial charge in [-0.3, -0.25) is 4.79 Å². The SMILES string of the molecule is CCN(CC)CCN(CC(C)C)C(=O)c1ccc(C)c(C)c1. The quantitative estimate of drug-likeness (QED) is 0.730. The molecular weight excluding hydrogens is 272 g/mol. The molecule has 0 aliphatic carbocycles. The van der Waals surface area contributed by atoms with Crippen molar-refractivity contribution < 1.29 is 4.79 Å². The monoisotopic (exact) mass is 304 g/mol. The number of aryl methyl sites for hydroxylation is 2. The maximum atomic E-state index is 12.8. The highest BCUT2D eigenvalue weighted by atomic mass is 16.2. The number of likely N-dealkylation sites (N-methyl/N-ethyl adjacent to an activating group) is 1. The lowest BCUT2D eigenvalue weighted by atomic mass is 10.0. The van der Waals surface area contributed by atoms with Gasteiger partial charge in [0, 0.05) is 25.2 Å². The van der Waals surface area contributed by atoms with E-state index in [1.807, 2.05) is 23.1 Å². The van der Waals surface area contributed by atoms with Gasteiger partial charge in [0.15, 0.2) is 0 Å². The first kappa shape index (κ1) is 18.7. The zero-order valence-corrected chi connectivity index (χ0v) is 15.1. The fourth-order valence-corrected chi connectivity index (χ4v) is 2.58. The van der Waals surface area contributed by atoms with Crippen molar-refractivity contribution in [2.75, 3.05) is 32.7 Å². The summed E-state index contributed by atoms with van der Waals surface area (Å²) in [6.07, 6.45) is 0. The van der Waals surface area contributed by atoms with E-state index in [2.05, 4.69) is 46.4 Å². The van der Waals surface area contributed by atoms with E-state index >= 15 is 0 Å². The molecule has 0 spiro atoms. The van der Waals surface area contributed by atoms with Crippen LogP contribution < -0.4 is 0 Å². The van der Waals surface area contributed by atoms with Crippen LogP contribution in [0.2, 0.25) is 0 Å². The molecule has 3 heteroatoms. The Kier molecular flexibility index (Phi) is 7.60. The zero-order chi connectivity index (χ0) is 16.7. The van der Waals surface area contributed by atoms with Crippen molar-refractivity contribution in [3.63, 3.8) is 0 Å². The number of hydrogen-bond acceptors (Lipinski definition) is 2. The van der Waals surface area contributed by atoms with Crippen LogP contribution in [0.3, 0.4) is 0 Å². The Morgan fingerprint density at radius 3 is 2.18 bits per heavy atom. The average molecular weight is 304 g/mol. The molecule has 1 amide bonds. The average Bonchev–Trinajstić information content (AvgIpc) is 2.48. The van der Waals surface area contributed by atoms with E-state index in [1.54, 1.807) is 0 Å². The van der Waals surface area contributed by atoms with Crippen molar-refractivity contribution >= 4 is 5.91 Å². The molecule has 0 atom stereocenters. The maximum Gasteiger partial charge on any atom is 0.253 e. The Labute approximate surface area is 136 Å². The molecule has 0 aliphatic heterocycles. The molecule has 1 rings (SSSR count). The molecule has 0 saturated heterocycles. The Hall–Kier alpha value is -1.35. The van der Waals surface area contributed by atoms with Crippen molar-refractivity contribution in [2.45, 2.75) is 41.5 Å². The predicted molar refractivity (Wildman–Crippen MR) is 94.4 cm³/mol. The Morgan fingerprint density at radius 2 is 1.68 bits per heavy atom. The third-order valence-electron chi connectivity index (χ3n) is 4.21. The first-order valence-electron chi connectivity index (χ1n) is 8.47. The summed E-state index contributed by atoms with van der Waals surface area (Å²) in [5, 5.41) is 0. The second kappa shape index (κ2) is 8.94. The van der Waals surface area contributed by atoms with Gasteiger partial charge in [0.05, 0.1) is 0 Å². The summed E-state index contributed by atoms with van der Waals surface area (Å²) in [5.74, 6) is 0.635. The van der Waals surface area contributed by atoms with Crippen molar-refractivity contribution in [3.8, 4) is 0 Å². The molecule has 3 nitrogen and oxygen atoms in total. The molecule has 0 heterocycles. The summed E-state index contributed by atoms with van der Waals surface area (Å²) >= 11 is 0. The van der Waals surface area contributed by atoms with Gasteiger partial charge in [0.25, 0.3) is 5.91 Å². The van der Waals surface area contributed by atoms with Gasteiger partial charge < -0.3 is 9.80 Å². The number of carbonyl (C=O) groups is 1. The number of nitrogens with zero attached hydrogens (tertiary/aromatic N) is 2. The van der Waals surface area contributed by atoms with Crippen LogP contribution in [-0.2, 0) is 0 Å². The summed E-state index contributed by atoms with van der Waals surface area (Å²) < 4.78 is 0. The highest BCUT2D eigenvalue weighted by Gasteiger charge is 2.18.